The Balaban J connectivity index is 1.62. The van der Waals surface area contributed by atoms with Gasteiger partial charge in [-0.2, -0.15) is 0 Å². The van der Waals surface area contributed by atoms with Gasteiger partial charge in [-0.25, -0.2) is 0 Å². The second kappa shape index (κ2) is 8.81. The van der Waals surface area contributed by atoms with Crippen LogP contribution in [-0.4, -0.2) is 16.7 Å². The van der Waals surface area contributed by atoms with Crippen LogP contribution in [0.2, 0.25) is 0 Å². The van der Waals surface area contributed by atoms with E-state index in [1.54, 1.807) is 24.2 Å². The van der Waals surface area contributed by atoms with Gasteiger partial charge >= 0.3 is 0 Å². The molecule has 0 bridgehead atoms. The summed E-state index contributed by atoms with van der Waals surface area (Å²) in [5, 5.41) is 3.56. The number of carbonyl (C=O) groups is 2. The molecule has 0 saturated carbocycles. The van der Waals surface area contributed by atoms with Gasteiger partial charge < -0.3 is 5.32 Å². The summed E-state index contributed by atoms with van der Waals surface area (Å²) >= 11 is 0. The molecule has 0 saturated heterocycles. The Morgan fingerprint density at radius 1 is 0.971 bits per heavy atom. The van der Waals surface area contributed by atoms with E-state index in [2.05, 4.69) is 55.3 Å². The summed E-state index contributed by atoms with van der Waals surface area (Å²) in [4.78, 5) is 32.9. The Morgan fingerprint density at radius 2 is 1.71 bits per heavy atom. The normalized spacial score (nSPS) is 20.0. The molecule has 3 aromatic rings. The number of benzene rings is 2. The highest BCUT2D eigenvalue weighted by Gasteiger charge is 2.40. The number of rotatable bonds is 2. The molecule has 5 rings (SSSR count). The van der Waals surface area contributed by atoms with Crippen LogP contribution in [0.25, 0.3) is 0 Å². The van der Waals surface area contributed by atoms with E-state index in [0.29, 0.717) is 18.4 Å². The van der Waals surface area contributed by atoms with Crippen molar-refractivity contribution in [1.29, 1.82) is 0 Å². The molecule has 1 N–H and O–H groups in total. The van der Waals surface area contributed by atoms with Gasteiger partial charge in [0.05, 0.1) is 17.4 Å². The van der Waals surface area contributed by atoms with Gasteiger partial charge in [0, 0.05) is 37.0 Å². The molecule has 2 heterocycles. The molecule has 35 heavy (non-hydrogen) atoms. The molecule has 2 atom stereocenters. The minimum Gasteiger partial charge on any atom is -0.357 e. The Kier molecular flexibility index (Phi) is 5.79. The van der Waals surface area contributed by atoms with Crippen molar-refractivity contribution < 1.29 is 9.59 Å². The number of hydrogen-bond donors (Lipinski definition) is 1. The summed E-state index contributed by atoms with van der Waals surface area (Å²) < 4.78 is 0. The van der Waals surface area contributed by atoms with Crippen LogP contribution >= 0.6 is 0 Å². The van der Waals surface area contributed by atoms with Crippen LogP contribution in [0.5, 0.6) is 0 Å². The van der Waals surface area contributed by atoms with E-state index in [0.717, 1.165) is 22.6 Å². The lowest BCUT2D eigenvalue weighted by molar-refractivity contribution is -0.117. The molecule has 5 nitrogen and oxygen atoms in total. The zero-order valence-corrected chi connectivity index (χ0v) is 20.7. The highest BCUT2D eigenvalue weighted by Crippen LogP contribution is 2.47. The monoisotopic (exact) mass is 465 g/mol. The fraction of sp³-hybridized carbons (Fsp3) is 0.300. The molecule has 2 aliphatic rings. The number of amides is 1. The third kappa shape index (κ3) is 4.27. The van der Waals surface area contributed by atoms with E-state index in [1.165, 1.54) is 11.1 Å². The van der Waals surface area contributed by atoms with E-state index < -0.39 is 6.04 Å². The van der Waals surface area contributed by atoms with Crippen LogP contribution in [0, 0.1) is 0 Å². The van der Waals surface area contributed by atoms with Crippen molar-refractivity contribution in [2.45, 2.75) is 57.9 Å². The molecule has 0 spiro atoms. The number of pyridine rings is 1. The van der Waals surface area contributed by atoms with Gasteiger partial charge in [-0.05, 0) is 52.6 Å². The van der Waals surface area contributed by atoms with Gasteiger partial charge in [0.2, 0.25) is 5.91 Å². The van der Waals surface area contributed by atoms with Gasteiger partial charge in [0.25, 0.3) is 0 Å². The van der Waals surface area contributed by atoms with Crippen molar-refractivity contribution in [2.75, 3.05) is 10.2 Å². The van der Waals surface area contributed by atoms with E-state index in [4.69, 9.17) is 0 Å². The number of Topliss-reactive ketones (excluding diaryl/α,β-unsaturated/α-hetero) is 1. The van der Waals surface area contributed by atoms with Gasteiger partial charge in [0.1, 0.15) is 0 Å². The van der Waals surface area contributed by atoms with Gasteiger partial charge in [-0.15, -0.1) is 0 Å². The number of aromatic nitrogens is 1. The van der Waals surface area contributed by atoms with E-state index in [9.17, 15) is 9.59 Å². The van der Waals surface area contributed by atoms with E-state index in [1.807, 2.05) is 36.4 Å². The van der Waals surface area contributed by atoms with Crippen molar-refractivity contribution in [3.63, 3.8) is 0 Å². The molecule has 2 aromatic carbocycles. The minimum absolute atomic E-state index is 0.0663. The van der Waals surface area contributed by atoms with Crippen LogP contribution in [0.4, 0.5) is 11.4 Å². The van der Waals surface area contributed by atoms with Crippen molar-refractivity contribution in [1.82, 2.24) is 4.98 Å². The predicted octanol–water partition coefficient (Wildman–Crippen LogP) is 6.30. The zero-order valence-electron chi connectivity index (χ0n) is 20.7. The smallest absolute Gasteiger partial charge is 0.224 e. The molecule has 0 fully saturated rings. The third-order valence-electron chi connectivity index (χ3n) is 7.08. The number of hydrogen-bond acceptors (Lipinski definition) is 4. The largest absolute Gasteiger partial charge is 0.357 e. The standard InChI is InChI=1S/C30H31N3O2/c1-19(34)33-26-10-6-5-9-24(26)32-25-16-22(20-11-13-23(14-12-20)30(2,3)4)17-27(35)28(25)29(33)21-8-7-15-31-18-21/h5-15,18,22,29,32H,16-17H2,1-4H3/t22-,29+/m1/s1. The van der Waals surface area contributed by atoms with Crippen molar-refractivity contribution in [3.8, 4) is 0 Å². The lowest BCUT2D eigenvalue weighted by Crippen LogP contribution is -2.37. The number of anilines is 2. The van der Waals surface area contributed by atoms with Gasteiger partial charge in [-0.1, -0.05) is 63.2 Å². The molecule has 5 heteroatoms. The van der Waals surface area contributed by atoms with Crippen LogP contribution in [0.15, 0.2) is 84.3 Å². The average molecular weight is 466 g/mol. The Morgan fingerprint density at radius 3 is 2.37 bits per heavy atom. The number of nitrogens with zero attached hydrogens (tertiary/aromatic N) is 2. The van der Waals surface area contributed by atoms with Gasteiger partial charge in [0.15, 0.2) is 5.78 Å². The quantitative estimate of drug-likeness (QED) is 0.482. The number of allylic oxidation sites excluding steroid dienone is 1. The first-order valence-electron chi connectivity index (χ1n) is 12.2. The molecule has 0 unspecified atom stereocenters. The highest BCUT2D eigenvalue weighted by molar-refractivity contribution is 6.05. The van der Waals surface area contributed by atoms with Crippen molar-refractivity contribution in [2.24, 2.45) is 0 Å². The predicted molar refractivity (Wildman–Crippen MR) is 139 cm³/mol. The summed E-state index contributed by atoms with van der Waals surface area (Å²) in [5.74, 6) is 0.0273. The first kappa shape index (κ1) is 23.0. The Labute approximate surface area is 206 Å². The van der Waals surface area contributed by atoms with E-state index in [-0.39, 0.29) is 23.0 Å². The minimum atomic E-state index is -0.524. The SMILES string of the molecule is CC(=O)N1c2ccccc2NC2=C(C(=O)C[C@H](c3ccc(C(C)(C)C)cc3)C2)[C@@H]1c1cccnc1. The molecule has 0 radical (unpaired) electrons. The average Bonchev–Trinajstić information content (AvgIpc) is 2.99. The molecule has 1 aromatic heterocycles. The molecule has 178 valence electrons. The molecular formula is C30H31N3O2. The van der Waals surface area contributed by atoms with Crippen molar-refractivity contribution in [3.05, 3.63) is 101 Å². The summed E-state index contributed by atoms with van der Waals surface area (Å²) in [5.41, 5.74) is 6.49. The van der Waals surface area contributed by atoms with Crippen molar-refractivity contribution >= 4 is 23.1 Å². The van der Waals surface area contributed by atoms with Crippen LogP contribution in [0.3, 0.4) is 0 Å². The number of nitrogens with one attached hydrogen (secondary N) is 1. The fourth-order valence-corrected chi connectivity index (χ4v) is 5.28. The molecular weight excluding hydrogens is 434 g/mol. The number of para-hydroxylation sites is 2. The first-order valence-corrected chi connectivity index (χ1v) is 12.2. The second-order valence-electron chi connectivity index (χ2n) is 10.5. The Hall–Kier alpha value is -3.73. The number of ketones is 1. The third-order valence-corrected chi connectivity index (χ3v) is 7.08. The lowest BCUT2D eigenvalue weighted by Gasteiger charge is -2.34. The Bertz CT molecular complexity index is 1300. The summed E-state index contributed by atoms with van der Waals surface area (Å²) in [6.07, 6.45) is 4.57. The second-order valence-corrected chi connectivity index (χ2v) is 10.5. The fourth-order valence-electron chi connectivity index (χ4n) is 5.28. The number of carbonyl (C=O) groups excluding carboxylic acids is 2. The maximum Gasteiger partial charge on any atom is 0.224 e. The first-order chi connectivity index (χ1) is 16.7. The maximum absolute atomic E-state index is 13.8. The van der Waals surface area contributed by atoms with Crippen LogP contribution in [0.1, 0.15) is 69.2 Å². The number of fused-ring (bicyclic) bond motifs is 1. The van der Waals surface area contributed by atoms with E-state index >= 15 is 0 Å². The highest BCUT2D eigenvalue weighted by atomic mass is 16.2. The maximum atomic E-state index is 13.8. The summed E-state index contributed by atoms with van der Waals surface area (Å²) in [6.45, 7) is 8.17. The van der Waals surface area contributed by atoms with Gasteiger partial charge in [-0.3, -0.25) is 19.5 Å². The topological polar surface area (TPSA) is 62.3 Å². The molecule has 1 aliphatic heterocycles. The molecule has 1 amide bonds. The van der Waals surface area contributed by atoms with Crippen LogP contribution < -0.4 is 10.2 Å². The lowest BCUT2D eigenvalue weighted by atomic mass is 9.77. The zero-order chi connectivity index (χ0) is 24.7. The summed E-state index contributed by atoms with van der Waals surface area (Å²) in [7, 11) is 0. The van der Waals surface area contributed by atoms with Crippen LogP contribution in [-0.2, 0) is 15.0 Å². The summed E-state index contributed by atoms with van der Waals surface area (Å²) in [6, 6.07) is 19.7. The molecule has 1 aliphatic carbocycles.